The normalized spacial score (nSPS) is 10.9. The molecule has 1 amide bonds. The quantitative estimate of drug-likeness (QED) is 0.368. The second-order valence-corrected chi connectivity index (χ2v) is 8.69. The van der Waals surface area contributed by atoms with E-state index in [1.165, 1.54) is 22.7 Å². The number of methoxy groups -OCH3 is 1. The summed E-state index contributed by atoms with van der Waals surface area (Å²) in [4.78, 5) is 27.5. The van der Waals surface area contributed by atoms with Gasteiger partial charge in [-0.15, -0.1) is 22.7 Å². The zero-order valence-corrected chi connectivity index (χ0v) is 18.5. The number of aromatic nitrogens is 3. The van der Waals surface area contributed by atoms with Gasteiger partial charge in [0.05, 0.1) is 24.2 Å². The average molecular weight is 460 g/mol. The molecule has 7 nitrogen and oxygen atoms in total. The first-order valence-corrected chi connectivity index (χ1v) is 11.3. The zero-order valence-electron chi connectivity index (χ0n) is 16.9. The number of carbonyl (C=O) groups excluding carboxylic acids is 1. The van der Waals surface area contributed by atoms with Crippen LogP contribution in [-0.2, 0) is 0 Å². The van der Waals surface area contributed by atoms with Crippen molar-refractivity contribution in [2.24, 2.45) is 0 Å². The van der Waals surface area contributed by atoms with Gasteiger partial charge in [0.25, 0.3) is 5.91 Å². The van der Waals surface area contributed by atoms with Gasteiger partial charge in [-0.3, -0.25) is 15.1 Å². The molecule has 1 aromatic carbocycles. The fourth-order valence-corrected chi connectivity index (χ4v) is 4.89. The van der Waals surface area contributed by atoms with Gasteiger partial charge in [-0.1, -0.05) is 6.07 Å². The van der Waals surface area contributed by atoms with Crippen LogP contribution in [-0.4, -0.2) is 28.0 Å². The Morgan fingerprint density at radius 3 is 2.59 bits per heavy atom. The first-order chi connectivity index (χ1) is 15.6. The Morgan fingerprint density at radius 2 is 1.84 bits per heavy atom. The number of hydrogen-bond acceptors (Lipinski definition) is 8. The predicted octanol–water partition coefficient (Wildman–Crippen LogP) is 5.32. The number of nitrogens with zero attached hydrogens (tertiary/aromatic N) is 3. The van der Waals surface area contributed by atoms with Crippen LogP contribution >= 0.6 is 22.7 Å². The van der Waals surface area contributed by atoms with Crippen LogP contribution in [0.3, 0.4) is 0 Å². The van der Waals surface area contributed by atoms with E-state index in [0.717, 1.165) is 28.1 Å². The summed E-state index contributed by atoms with van der Waals surface area (Å²) in [5.74, 6) is 0.473. The molecule has 0 aliphatic rings. The minimum Gasteiger partial charge on any atom is -0.497 e. The maximum absolute atomic E-state index is 12.9. The molecule has 0 spiro atoms. The van der Waals surface area contributed by atoms with Crippen molar-refractivity contribution in [3.05, 3.63) is 71.1 Å². The third kappa shape index (κ3) is 3.79. The van der Waals surface area contributed by atoms with Crippen LogP contribution in [0.2, 0.25) is 0 Å². The number of carbonyl (C=O) groups is 1. The maximum Gasteiger partial charge on any atom is 0.269 e. The second-order valence-electron chi connectivity index (χ2n) is 6.83. The maximum atomic E-state index is 12.9. The monoisotopic (exact) mass is 459 g/mol. The molecule has 0 fully saturated rings. The summed E-state index contributed by atoms with van der Waals surface area (Å²) >= 11 is 2.60. The number of fused-ring (bicyclic) bond motifs is 1. The van der Waals surface area contributed by atoms with Gasteiger partial charge in [0.2, 0.25) is 0 Å². The lowest BCUT2D eigenvalue weighted by molar-refractivity contribution is 0.103. The number of amides is 1. The van der Waals surface area contributed by atoms with E-state index in [4.69, 9.17) is 15.5 Å². The minimum atomic E-state index is -0.307. The summed E-state index contributed by atoms with van der Waals surface area (Å²) in [6.45, 7) is 0. The van der Waals surface area contributed by atoms with Crippen molar-refractivity contribution in [2.45, 2.75) is 0 Å². The summed E-state index contributed by atoms with van der Waals surface area (Å²) in [5.41, 5.74) is 9.91. The number of nitrogen functional groups attached to an aromatic ring is 1. The molecule has 4 heterocycles. The van der Waals surface area contributed by atoms with E-state index in [9.17, 15) is 4.79 Å². The van der Waals surface area contributed by atoms with Gasteiger partial charge in [0, 0.05) is 22.5 Å². The number of anilines is 2. The molecule has 0 saturated carbocycles. The van der Waals surface area contributed by atoms with Gasteiger partial charge >= 0.3 is 0 Å². The number of hydrogen-bond donors (Lipinski definition) is 2. The van der Waals surface area contributed by atoms with Crippen LogP contribution < -0.4 is 15.8 Å². The van der Waals surface area contributed by atoms with Gasteiger partial charge in [-0.25, -0.2) is 9.97 Å². The van der Waals surface area contributed by atoms with Gasteiger partial charge < -0.3 is 10.5 Å². The highest BCUT2D eigenvalue weighted by Gasteiger charge is 2.19. The van der Waals surface area contributed by atoms with Crippen molar-refractivity contribution in [1.82, 2.24) is 15.0 Å². The summed E-state index contributed by atoms with van der Waals surface area (Å²) in [6.07, 6.45) is 1.71. The highest BCUT2D eigenvalue weighted by Crippen LogP contribution is 2.35. The summed E-state index contributed by atoms with van der Waals surface area (Å²) < 4.78 is 5.21. The Morgan fingerprint density at radius 1 is 1.00 bits per heavy atom. The lowest BCUT2D eigenvalue weighted by Gasteiger charge is -2.03. The molecule has 9 heteroatoms. The van der Waals surface area contributed by atoms with Crippen LogP contribution in [0.25, 0.3) is 32.9 Å². The molecule has 0 atom stereocenters. The van der Waals surface area contributed by atoms with Crippen LogP contribution in [0.15, 0.2) is 66.2 Å². The number of benzene rings is 1. The van der Waals surface area contributed by atoms with Crippen molar-refractivity contribution in [3.63, 3.8) is 0 Å². The topological polar surface area (TPSA) is 103 Å². The largest absolute Gasteiger partial charge is 0.497 e. The van der Waals surface area contributed by atoms with Crippen molar-refractivity contribution < 1.29 is 9.53 Å². The van der Waals surface area contributed by atoms with Gasteiger partial charge in [-0.05, 0) is 48.5 Å². The average Bonchev–Trinajstić information content (AvgIpc) is 3.44. The molecular formula is C23H17N5O2S2. The molecule has 158 valence electrons. The first-order valence-electron chi connectivity index (χ1n) is 9.64. The van der Waals surface area contributed by atoms with Crippen molar-refractivity contribution in [1.29, 1.82) is 0 Å². The SMILES string of the molecule is COc1ccc(-c2ccc3c(N)c(C(=O)Nc4nc(-c5ccccn5)cs4)sc3n2)cc1. The zero-order chi connectivity index (χ0) is 22.1. The molecule has 0 aliphatic heterocycles. The first kappa shape index (κ1) is 20.1. The molecule has 5 aromatic rings. The second kappa shape index (κ2) is 8.37. The smallest absolute Gasteiger partial charge is 0.269 e. The summed E-state index contributed by atoms with van der Waals surface area (Å²) in [5, 5.41) is 5.94. The van der Waals surface area contributed by atoms with E-state index in [1.807, 2.05) is 60.0 Å². The number of thiophene rings is 1. The summed E-state index contributed by atoms with van der Waals surface area (Å²) in [6, 6.07) is 17.1. The standard InChI is InChI=1S/C23H17N5O2S2/c1-30-14-7-5-13(6-8-14)16-10-9-15-19(24)20(32-22(15)26-16)21(29)28-23-27-18(12-31-23)17-4-2-3-11-25-17/h2-12H,24H2,1H3,(H,27,28,29). The number of rotatable bonds is 5. The molecule has 0 aliphatic carbocycles. The lowest BCUT2D eigenvalue weighted by Crippen LogP contribution is -2.11. The predicted molar refractivity (Wildman–Crippen MR) is 129 cm³/mol. The van der Waals surface area contributed by atoms with Crippen LogP contribution in [0, 0.1) is 0 Å². The third-order valence-corrected chi connectivity index (χ3v) is 6.71. The van der Waals surface area contributed by atoms with Gasteiger partial charge in [-0.2, -0.15) is 0 Å². The molecule has 32 heavy (non-hydrogen) atoms. The third-order valence-electron chi connectivity index (χ3n) is 4.84. The van der Waals surface area contributed by atoms with E-state index >= 15 is 0 Å². The van der Waals surface area contributed by atoms with Gasteiger partial charge in [0.1, 0.15) is 21.2 Å². The molecule has 3 N–H and O–H groups in total. The van der Waals surface area contributed by atoms with Crippen LogP contribution in [0.1, 0.15) is 9.67 Å². The van der Waals surface area contributed by atoms with Gasteiger partial charge in [0.15, 0.2) is 5.13 Å². The summed E-state index contributed by atoms with van der Waals surface area (Å²) in [7, 11) is 1.63. The Labute approximate surface area is 191 Å². The van der Waals surface area contributed by atoms with E-state index in [1.54, 1.807) is 13.3 Å². The van der Waals surface area contributed by atoms with Crippen LogP contribution in [0.4, 0.5) is 10.8 Å². The molecular weight excluding hydrogens is 442 g/mol. The molecule has 5 rings (SSSR count). The van der Waals surface area contributed by atoms with Crippen molar-refractivity contribution >= 4 is 49.6 Å². The number of thiazole rings is 1. The van der Waals surface area contributed by atoms with Crippen molar-refractivity contribution in [2.75, 3.05) is 18.2 Å². The number of ether oxygens (including phenoxy) is 1. The Kier molecular flexibility index (Phi) is 5.26. The highest BCUT2D eigenvalue weighted by atomic mass is 32.1. The molecule has 0 radical (unpaired) electrons. The molecule has 0 bridgehead atoms. The fraction of sp³-hybridized carbons (Fsp3) is 0.0435. The molecule has 0 saturated heterocycles. The highest BCUT2D eigenvalue weighted by molar-refractivity contribution is 7.21. The van der Waals surface area contributed by atoms with E-state index in [-0.39, 0.29) is 5.91 Å². The lowest BCUT2D eigenvalue weighted by atomic mass is 10.1. The van der Waals surface area contributed by atoms with E-state index in [2.05, 4.69) is 15.3 Å². The Hall–Kier alpha value is -3.82. The Bertz CT molecular complexity index is 1410. The minimum absolute atomic E-state index is 0.307. The van der Waals surface area contributed by atoms with E-state index < -0.39 is 0 Å². The molecule has 4 aromatic heterocycles. The molecule has 0 unspecified atom stereocenters. The number of pyridine rings is 2. The van der Waals surface area contributed by atoms with Crippen LogP contribution in [0.5, 0.6) is 5.75 Å². The number of nitrogens with one attached hydrogen (secondary N) is 1. The number of nitrogens with two attached hydrogens (primary N) is 1. The Balaban J connectivity index is 1.40. The van der Waals surface area contributed by atoms with Crippen molar-refractivity contribution in [3.8, 4) is 28.4 Å². The van der Waals surface area contributed by atoms with E-state index in [0.29, 0.717) is 26.2 Å². The fourth-order valence-electron chi connectivity index (χ4n) is 3.21.